The lowest BCUT2D eigenvalue weighted by atomic mass is 10.1. The zero-order valence-corrected chi connectivity index (χ0v) is 15.1. The number of esters is 1. The van der Waals surface area contributed by atoms with Crippen molar-refractivity contribution in [3.05, 3.63) is 69.5 Å². The van der Waals surface area contributed by atoms with E-state index in [-0.39, 0.29) is 5.56 Å². The second kappa shape index (κ2) is 8.32. The molecular formula is C18H16Cl2FNO3. The normalized spacial score (nSPS) is 13.0. The van der Waals surface area contributed by atoms with E-state index < -0.39 is 29.8 Å². The van der Waals surface area contributed by atoms with Crippen LogP contribution >= 0.6 is 23.2 Å². The third-order valence-electron chi connectivity index (χ3n) is 3.53. The first-order valence-corrected chi connectivity index (χ1v) is 8.26. The van der Waals surface area contributed by atoms with Crippen LogP contribution in [0.3, 0.4) is 0 Å². The van der Waals surface area contributed by atoms with Crippen molar-refractivity contribution < 1.29 is 18.7 Å². The highest BCUT2D eigenvalue weighted by Crippen LogP contribution is 2.26. The average molecular weight is 384 g/mol. The number of benzene rings is 2. The molecule has 0 aliphatic heterocycles. The average Bonchev–Trinajstić information content (AvgIpc) is 2.54. The van der Waals surface area contributed by atoms with Gasteiger partial charge in [0.25, 0.3) is 5.91 Å². The molecule has 0 unspecified atom stereocenters. The first-order chi connectivity index (χ1) is 11.8. The van der Waals surface area contributed by atoms with Gasteiger partial charge in [0.2, 0.25) is 0 Å². The molecule has 0 saturated carbocycles. The van der Waals surface area contributed by atoms with E-state index in [1.54, 1.807) is 25.1 Å². The fraction of sp³-hybridized carbons (Fsp3) is 0.222. The summed E-state index contributed by atoms with van der Waals surface area (Å²) in [6.07, 6.45) is -1.10. The van der Waals surface area contributed by atoms with E-state index in [9.17, 15) is 14.0 Å². The Morgan fingerprint density at radius 2 is 1.80 bits per heavy atom. The predicted octanol–water partition coefficient (Wildman–Crippen LogP) is 4.56. The zero-order valence-electron chi connectivity index (χ0n) is 13.6. The molecule has 1 amide bonds. The van der Waals surface area contributed by atoms with Gasteiger partial charge in [0.05, 0.1) is 11.6 Å². The maximum atomic E-state index is 13.6. The van der Waals surface area contributed by atoms with Gasteiger partial charge in [-0.05, 0) is 43.7 Å². The van der Waals surface area contributed by atoms with Gasteiger partial charge < -0.3 is 10.1 Å². The number of nitrogens with one attached hydrogen (secondary N) is 1. The summed E-state index contributed by atoms with van der Waals surface area (Å²) in [4.78, 5) is 24.2. The molecule has 0 saturated heterocycles. The minimum absolute atomic E-state index is 0.226. The van der Waals surface area contributed by atoms with Crippen LogP contribution in [-0.4, -0.2) is 18.0 Å². The summed E-state index contributed by atoms with van der Waals surface area (Å²) in [7, 11) is 0. The van der Waals surface area contributed by atoms with Crippen LogP contribution in [0.15, 0.2) is 42.5 Å². The number of carbonyl (C=O) groups excluding carboxylic acids is 2. The van der Waals surface area contributed by atoms with E-state index in [4.69, 9.17) is 27.9 Å². The Hall–Kier alpha value is -2.11. The van der Waals surface area contributed by atoms with Crippen LogP contribution in [0, 0.1) is 5.82 Å². The van der Waals surface area contributed by atoms with Gasteiger partial charge in [-0.15, -0.1) is 0 Å². The molecule has 0 aromatic heterocycles. The van der Waals surface area contributed by atoms with Gasteiger partial charge in [0.15, 0.2) is 6.10 Å². The summed E-state index contributed by atoms with van der Waals surface area (Å²) in [6.45, 7) is 3.14. The molecule has 25 heavy (non-hydrogen) atoms. The molecule has 0 radical (unpaired) electrons. The second-order valence-electron chi connectivity index (χ2n) is 5.42. The highest BCUT2D eigenvalue weighted by atomic mass is 35.5. The molecule has 2 rings (SSSR count). The molecular weight excluding hydrogens is 368 g/mol. The van der Waals surface area contributed by atoms with Crippen LogP contribution in [0.25, 0.3) is 0 Å². The topological polar surface area (TPSA) is 55.4 Å². The van der Waals surface area contributed by atoms with E-state index >= 15 is 0 Å². The predicted molar refractivity (Wildman–Crippen MR) is 94.3 cm³/mol. The second-order valence-corrected chi connectivity index (χ2v) is 6.27. The number of hydrogen-bond acceptors (Lipinski definition) is 3. The number of halogens is 3. The molecule has 4 nitrogen and oxygen atoms in total. The van der Waals surface area contributed by atoms with Crippen molar-refractivity contribution >= 4 is 35.1 Å². The maximum absolute atomic E-state index is 13.6. The molecule has 0 aliphatic rings. The van der Waals surface area contributed by atoms with Crippen LogP contribution in [0.1, 0.15) is 35.8 Å². The largest absolute Gasteiger partial charge is 0.449 e. The lowest BCUT2D eigenvalue weighted by molar-refractivity contribution is -0.129. The Morgan fingerprint density at radius 3 is 2.44 bits per heavy atom. The highest BCUT2D eigenvalue weighted by Gasteiger charge is 2.23. The quantitative estimate of drug-likeness (QED) is 0.770. The van der Waals surface area contributed by atoms with Crippen molar-refractivity contribution in [1.29, 1.82) is 0 Å². The van der Waals surface area contributed by atoms with Gasteiger partial charge in [0.1, 0.15) is 5.82 Å². The summed E-state index contributed by atoms with van der Waals surface area (Å²) in [6, 6.07) is 9.91. The summed E-state index contributed by atoms with van der Waals surface area (Å²) in [5.41, 5.74) is 0.447. The molecule has 2 aromatic carbocycles. The highest BCUT2D eigenvalue weighted by molar-refractivity contribution is 6.35. The van der Waals surface area contributed by atoms with Crippen molar-refractivity contribution in [3.8, 4) is 0 Å². The van der Waals surface area contributed by atoms with Crippen LogP contribution < -0.4 is 5.32 Å². The van der Waals surface area contributed by atoms with Gasteiger partial charge >= 0.3 is 5.97 Å². The molecule has 0 spiro atoms. The Morgan fingerprint density at radius 1 is 1.12 bits per heavy atom. The van der Waals surface area contributed by atoms with Gasteiger partial charge in [-0.2, -0.15) is 0 Å². The van der Waals surface area contributed by atoms with Gasteiger partial charge in [0, 0.05) is 10.0 Å². The lowest BCUT2D eigenvalue weighted by Crippen LogP contribution is -2.37. The first-order valence-electron chi connectivity index (χ1n) is 7.50. The van der Waals surface area contributed by atoms with Crippen molar-refractivity contribution in [2.75, 3.05) is 0 Å². The summed E-state index contributed by atoms with van der Waals surface area (Å²) in [5.74, 6) is -2.14. The van der Waals surface area contributed by atoms with Crippen LogP contribution in [-0.2, 0) is 9.53 Å². The van der Waals surface area contributed by atoms with Crippen LogP contribution in [0.4, 0.5) is 4.39 Å². The minimum Gasteiger partial charge on any atom is -0.449 e. The van der Waals surface area contributed by atoms with Crippen LogP contribution in [0.2, 0.25) is 10.0 Å². The fourth-order valence-corrected chi connectivity index (χ4v) is 2.74. The van der Waals surface area contributed by atoms with Crippen molar-refractivity contribution in [3.63, 3.8) is 0 Å². The SMILES string of the molecule is C[C@H](OC(=O)c1ccccc1F)C(=O)N[C@@H](C)c1ccc(Cl)cc1Cl. The van der Waals surface area contributed by atoms with E-state index in [2.05, 4.69) is 5.32 Å². The molecule has 0 fully saturated rings. The van der Waals surface area contributed by atoms with Gasteiger partial charge in [-0.1, -0.05) is 41.4 Å². The van der Waals surface area contributed by atoms with E-state index in [1.807, 2.05) is 0 Å². The lowest BCUT2D eigenvalue weighted by Gasteiger charge is -2.19. The molecule has 0 aliphatic carbocycles. The van der Waals surface area contributed by atoms with E-state index in [0.29, 0.717) is 15.6 Å². The Bertz CT molecular complexity index is 798. The van der Waals surface area contributed by atoms with E-state index in [0.717, 1.165) is 6.07 Å². The molecule has 0 heterocycles. The zero-order chi connectivity index (χ0) is 18.6. The molecule has 0 bridgehead atoms. The smallest absolute Gasteiger partial charge is 0.341 e. The van der Waals surface area contributed by atoms with Crippen molar-refractivity contribution in [2.24, 2.45) is 0 Å². The van der Waals surface area contributed by atoms with Crippen LogP contribution in [0.5, 0.6) is 0 Å². The summed E-state index contributed by atoms with van der Waals surface area (Å²) >= 11 is 12.0. The summed E-state index contributed by atoms with van der Waals surface area (Å²) < 4.78 is 18.6. The maximum Gasteiger partial charge on any atom is 0.341 e. The summed E-state index contributed by atoms with van der Waals surface area (Å²) in [5, 5.41) is 3.59. The third-order valence-corrected chi connectivity index (χ3v) is 4.10. The Labute approximate surface area is 154 Å². The Balaban J connectivity index is 2.00. The van der Waals surface area contributed by atoms with Crippen molar-refractivity contribution in [1.82, 2.24) is 5.32 Å². The number of hydrogen-bond donors (Lipinski definition) is 1. The molecule has 132 valence electrons. The van der Waals surface area contributed by atoms with E-state index in [1.165, 1.54) is 25.1 Å². The number of ether oxygens (including phenoxy) is 1. The Kier molecular flexibility index (Phi) is 6.39. The third kappa shape index (κ3) is 4.94. The molecule has 7 heteroatoms. The monoisotopic (exact) mass is 383 g/mol. The fourth-order valence-electron chi connectivity index (χ4n) is 2.17. The molecule has 2 aromatic rings. The molecule has 1 N–H and O–H groups in total. The molecule has 2 atom stereocenters. The first kappa shape index (κ1) is 19.2. The number of amides is 1. The number of carbonyl (C=O) groups is 2. The van der Waals surface area contributed by atoms with Gasteiger partial charge in [-0.25, -0.2) is 9.18 Å². The van der Waals surface area contributed by atoms with Gasteiger partial charge in [-0.3, -0.25) is 4.79 Å². The minimum atomic E-state index is -1.10. The van der Waals surface area contributed by atoms with Crippen molar-refractivity contribution in [2.45, 2.75) is 26.0 Å². The number of rotatable bonds is 5. The standard InChI is InChI=1S/C18H16Cl2FNO3/c1-10(13-8-7-12(19)9-15(13)20)22-17(23)11(2)25-18(24)14-5-3-4-6-16(14)21/h3-11H,1-2H3,(H,22,23)/t10-,11-/m0/s1.